The van der Waals surface area contributed by atoms with E-state index in [9.17, 15) is 9.90 Å². The van der Waals surface area contributed by atoms with Crippen LogP contribution in [0.15, 0.2) is 12.1 Å². The van der Waals surface area contributed by atoms with Crippen LogP contribution in [0.3, 0.4) is 0 Å². The summed E-state index contributed by atoms with van der Waals surface area (Å²) in [7, 11) is 0. The van der Waals surface area contributed by atoms with Gasteiger partial charge in [-0.05, 0) is 59.6 Å². The van der Waals surface area contributed by atoms with Gasteiger partial charge in [-0.25, -0.2) is 0 Å². The number of rotatable bonds is 4. The molecule has 0 amide bonds. The van der Waals surface area contributed by atoms with Crippen LogP contribution in [0.1, 0.15) is 96.8 Å². The molecule has 0 spiro atoms. The molecule has 0 heterocycles. The van der Waals surface area contributed by atoms with Crippen molar-refractivity contribution < 1.29 is 14.6 Å². The van der Waals surface area contributed by atoms with E-state index >= 15 is 0 Å². The van der Waals surface area contributed by atoms with Gasteiger partial charge in [0.15, 0.2) is 0 Å². The van der Waals surface area contributed by atoms with E-state index < -0.39 is 0 Å². The van der Waals surface area contributed by atoms with Gasteiger partial charge in [-0.3, -0.25) is 4.79 Å². The first-order valence-electron chi connectivity index (χ1n) is 10.0. The molecule has 26 heavy (non-hydrogen) atoms. The predicted octanol–water partition coefficient (Wildman–Crippen LogP) is 5.80. The minimum absolute atomic E-state index is 0.0976. The highest BCUT2D eigenvalue weighted by atomic mass is 16.5. The lowest BCUT2D eigenvalue weighted by atomic mass is 9.78. The highest BCUT2D eigenvalue weighted by Crippen LogP contribution is 2.40. The molecule has 3 heteroatoms. The number of aromatic hydroxyl groups is 1. The van der Waals surface area contributed by atoms with E-state index in [4.69, 9.17) is 4.74 Å². The lowest BCUT2D eigenvalue weighted by Crippen LogP contribution is -2.21. The Kier molecular flexibility index (Phi) is 6.42. The van der Waals surface area contributed by atoms with Gasteiger partial charge in [0.1, 0.15) is 11.9 Å². The zero-order chi connectivity index (χ0) is 19.5. The Morgan fingerprint density at radius 2 is 1.50 bits per heavy atom. The predicted molar refractivity (Wildman–Crippen MR) is 107 cm³/mol. The third kappa shape index (κ3) is 5.49. The average molecular weight is 361 g/mol. The molecule has 3 nitrogen and oxygen atoms in total. The van der Waals surface area contributed by atoms with Crippen molar-refractivity contribution in [3.63, 3.8) is 0 Å². The molecule has 0 atom stereocenters. The Hall–Kier alpha value is -1.51. The molecule has 1 aliphatic rings. The molecule has 0 aromatic heterocycles. The number of carbonyl (C=O) groups is 1. The van der Waals surface area contributed by atoms with Gasteiger partial charge in [0.2, 0.25) is 0 Å². The quantitative estimate of drug-likeness (QED) is 0.691. The number of phenols is 1. The van der Waals surface area contributed by atoms with Crippen molar-refractivity contribution in [2.45, 2.75) is 103 Å². The Labute approximate surface area is 159 Å². The molecular weight excluding hydrogens is 324 g/mol. The number of benzene rings is 1. The molecule has 0 aliphatic heterocycles. The van der Waals surface area contributed by atoms with Crippen molar-refractivity contribution in [3.8, 4) is 5.75 Å². The van der Waals surface area contributed by atoms with Gasteiger partial charge >= 0.3 is 5.97 Å². The second-order valence-electron chi connectivity index (χ2n) is 9.79. The number of aryl methyl sites for hydroxylation is 1. The first-order valence-corrected chi connectivity index (χ1v) is 10.0. The van der Waals surface area contributed by atoms with Crippen LogP contribution in [0.5, 0.6) is 5.75 Å². The van der Waals surface area contributed by atoms with Crippen LogP contribution >= 0.6 is 0 Å². The maximum absolute atomic E-state index is 12.2. The number of phenolic OH excluding ortho intramolecular Hbond substituents is 1. The first kappa shape index (κ1) is 20.8. The lowest BCUT2D eigenvalue weighted by molar-refractivity contribution is -0.150. The first-order chi connectivity index (χ1) is 12.0. The summed E-state index contributed by atoms with van der Waals surface area (Å²) in [6.45, 7) is 12.6. The number of ether oxygens (including phenoxy) is 1. The molecule has 1 aliphatic carbocycles. The molecule has 0 unspecified atom stereocenters. The van der Waals surface area contributed by atoms with Crippen LogP contribution in [-0.4, -0.2) is 17.2 Å². The average Bonchev–Trinajstić information content (AvgIpc) is 2.52. The van der Waals surface area contributed by atoms with Crippen molar-refractivity contribution in [2.75, 3.05) is 0 Å². The topological polar surface area (TPSA) is 46.5 Å². The molecule has 1 saturated carbocycles. The van der Waals surface area contributed by atoms with Crippen LogP contribution in [0, 0.1) is 0 Å². The van der Waals surface area contributed by atoms with Gasteiger partial charge in [0.25, 0.3) is 0 Å². The summed E-state index contributed by atoms with van der Waals surface area (Å²) < 4.78 is 5.64. The van der Waals surface area contributed by atoms with Crippen LogP contribution in [0.4, 0.5) is 0 Å². The van der Waals surface area contributed by atoms with E-state index in [1.165, 1.54) is 19.3 Å². The van der Waals surface area contributed by atoms with Gasteiger partial charge in [0.05, 0.1) is 0 Å². The number of hydrogen-bond donors (Lipinski definition) is 1. The van der Waals surface area contributed by atoms with E-state index in [1.807, 2.05) is 0 Å². The highest BCUT2D eigenvalue weighted by Gasteiger charge is 2.26. The summed E-state index contributed by atoms with van der Waals surface area (Å²) in [6.07, 6.45) is 6.77. The molecule has 1 fully saturated rings. The third-order valence-electron chi connectivity index (χ3n) is 5.25. The van der Waals surface area contributed by atoms with Crippen molar-refractivity contribution in [1.82, 2.24) is 0 Å². The van der Waals surface area contributed by atoms with E-state index in [0.717, 1.165) is 29.5 Å². The summed E-state index contributed by atoms with van der Waals surface area (Å²) in [5.41, 5.74) is 2.69. The van der Waals surface area contributed by atoms with E-state index in [-0.39, 0.29) is 22.9 Å². The Balaban J connectivity index is 2.14. The maximum Gasteiger partial charge on any atom is 0.306 e. The van der Waals surface area contributed by atoms with Crippen LogP contribution in [0.2, 0.25) is 0 Å². The van der Waals surface area contributed by atoms with Crippen molar-refractivity contribution >= 4 is 5.97 Å². The Morgan fingerprint density at radius 1 is 1.00 bits per heavy atom. The number of esters is 1. The van der Waals surface area contributed by atoms with Crippen molar-refractivity contribution in [1.29, 1.82) is 0 Å². The minimum atomic E-state index is -0.150. The molecular formula is C23H36O3. The number of carbonyl (C=O) groups excluding carboxylic acids is 1. The fourth-order valence-corrected chi connectivity index (χ4v) is 3.66. The molecule has 1 aromatic carbocycles. The smallest absolute Gasteiger partial charge is 0.306 e. The van der Waals surface area contributed by atoms with Gasteiger partial charge in [-0.2, -0.15) is 0 Å². The maximum atomic E-state index is 12.2. The van der Waals surface area contributed by atoms with Crippen molar-refractivity contribution in [2.24, 2.45) is 0 Å². The van der Waals surface area contributed by atoms with Crippen LogP contribution in [-0.2, 0) is 26.8 Å². The second-order valence-corrected chi connectivity index (χ2v) is 9.79. The minimum Gasteiger partial charge on any atom is -0.507 e. The molecule has 1 aromatic rings. The molecule has 1 N–H and O–H groups in total. The molecule has 0 bridgehead atoms. The number of hydrogen-bond acceptors (Lipinski definition) is 3. The van der Waals surface area contributed by atoms with Crippen LogP contribution in [0.25, 0.3) is 0 Å². The standard InChI is InChI=1S/C23H36O3/c1-22(2,3)18-14-16(15-19(21(18)25)23(4,5)6)12-13-20(24)26-17-10-8-7-9-11-17/h14-15,17,25H,7-13H2,1-6H3. The van der Waals surface area contributed by atoms with E-state index in [1.54, 1.807) is 0 Å². The Morgan fingerprint density at radius 3 is 1.96 bits per heavy atom. The molecule has 0 radical (unpaired) electrons. The lowest BCUT2D eigenvalue weighted by Gasteiger charge is -2.28. The third-order valence-corrected chi connectivity index (χ3v) is 5.25. The van der Waals surface area contributed by atoms with E-state index in [0.29, 0.717) is 18.6 Å². The monoisotopic (exact) mass is 360 g/mol. The fraction of sp³-hybridized carbons (Fsp3) is 0.696. The fourth-order valence-electron chi connectivity index (χ4n) is 3.66. The van der Waals surface area contributed by atoms with Gasteiger partial charge in [-0.15, -0.1) is 0 Å². The highest BCUT2D eigenvalue weighted by molar-refractivity contribution is 5.70. The van der Waals surface area contributed by atoms with E-state index in [2.05, 4.69) is 53.7 Å². The molecule has 146 valence electrons. The van der Waals surface area contributed by atoms with Crippen molar-refractivity contribution in [3.05, 3.63) is 28.8 Å². The summed E-state index contributed by atoms with van der Waals surface area (Å²) in [5, 5.41) is 10.8. The second kappa shape index (κ2) is 8.02. The molecule has 0 saturated heterocycles. The summed E-state index contributed by atoms with van der Waals surface area (Å²) in [5.74, 6) is 0.290. The summed E-state index contributed by atoms with van der Waals surface area (Å²) in [6, 6.07) is 4.11. The normalized spacial score (nSPS) is 16.5. The largest absolute Gasteiger partial charge is 0.507 e. The van der Waals surface area contributed by atoms with Crippen LogP contribution < -0.4 is 0 Å². The SMILES string of the molecule is CC(C)(C)c1cc(CCC(=O)OC2CCCCC2)cc(C(C)(C)C)c1O. The summed E-state index contributed by atoms with van der Waals surface area (Å²) in [4.78, 5) is 12.2. The van der Waals surface area contributed by atoms with Gasteiger partial charge < -0.3 is 9.84 Å². The zero-order valence-electron chi connectivity index (χ0n) is 17.4. The molecule has 2 rings (SSSR count). The Bertz CT molecular complexity index is 591. The van der Waals surface area contributed by atoms with Gasteiger partial charge in [-0.1, -0.05) is 60.1 Å². The van der Waals surface area contributed by atoms with Gasteiger partial charge in [0, 0.05) is 6.42 Å². The zero-order valence-corrected chi connectivity index (χ0v) is 17.4. The summed E-state index contributed by atoms with van der Waals surface area (Å²) >= 11 is 0.